The fourth-order valence-corrected chi connectivity index (χ4v) is 4.96. The Labute approximate surface area is 202 Å². The first-order valence-corrected chi connectivity index (χ1v) is 12.6. The monoisotopic (exact) mass is 489 g/mol. The molecule has 1 aromatic heterocycles. The molecular weight excluding hydrogens is 466 g/mol. The van der Waals surface area contributed by atoms with Crippen LogP contribution in [0.4, 0.5) is 11.6 Å². The van der Waals surface area contributed by atoms with Crippen LogP contribution in [0.25, 0.3) is 5.69 Å². The molecule has 10 nitrogen and oxygen atoms in total. The van der Waals surface area contributed by atoms with Crippen molar-refractivity contribution in [3.63, 3.8) is 0 Å². The summed E-state index contributed by atoms with van der Waals surface area (Å²) in [5.41, 5.74) is 1.78. The van der Waals surface area contributed by atoms with E-state index in [-0.39, 0.29) is 10.8 Å². The number of para-hydroxylation sites is 2. The Bertz CT molecular complexity index is 1400. The van der Waals surface area contributed by atoms with Gasteiger partial charge in [0, 0.05) is 37.4 Å². The fraction of sp³-hybridized carbons (Fsp3) is 0.167. The second-order valence-corrected chi connectivity index (χ2v) is 9.68. The van der Waals surface area contributed by atoms with Crippen LogP contribution in [0, 0.1) is 0 Å². The number of nitrogens with zero attached hydrogens (tertiary/aromatic N) is 6. The first-order chi connectivity index (χ1) is 17.0. The summed E-state index contributed by atoms with van der Waals surface area (Å²) in [4.78, 5) is 16.9. The number of hydrogen-bond acceptors (Lipinski definition) is 7. The minimum atomic E-state index is -3.74. The molecule has 11 heteroatoms. The number of aromatic nitrogens is 4. The van der Waals surface area contributed by atoms with Crippen molar-refractivity contribution >= 4 is 27.6 Å². The average molecular weight is 490 g/mol. The molecule has 2 heterocycles. The fourth-order valence-electron chi connectivity index (χ4n) is 3.90. The van der Waals surface area contributed by atoms with Crippen LogP contribution in [0.3, 0.4) is 0 Å². The zero-order valence-corrected chi connectivity index (χ0v) is 19.5. The number of hydrogen-bond donors (Lipinski definition) is 1. The molecule has 1 N–H and O–H groups in total. The van der Waals surface area contributed by atoms with Crippen LogP contribution in [-0.4, -0.2) is 65.6 Å². The molecule has 5 rings (SSSR count). The molecule has 1 saturated heterocycles. The summed E-state index contributed by atoms with van der Waals surface area (Å²) in [6.45, 7) is 2.14. The van der Waals surface area contributed by atoms with Gasteiger partial charge in [0.25, 0.3) is 15.9 Å². The van der Waals surface area contributed by atoms with Crippen molar-refractivity contribution in [2.24, 2.45) is 0 Å². The predicted molar refractivity (Wildman–Crippen MR) is 131 cm³/mol. The number of carbonyl (C=O) groups excluding carboxylic acids is 1. The van der Waals surface area contributed by atoms with Crippen molar-refractivity contribution in [3.05, 3.63) is 90.5 Å². The summed E-state index contributed by atoms with van der Waals surface area (Å²) in [5.74, 6) is 0.482. The van der Waals surface area contributed by atoms with Gasteiger partial charge in [-0.1, -0.05) is 41.5 Å². The van der Waals surface area contributed by atoms with Crippen LogP contribution < -0.4 is 9.62 Å². The van der Waals surface area contributed by atoms with Gasteiger partial charge in [-0.2, -0.15) is 4.68 Å². The average Bonchev–Trinajstić information content (AvgIpc) is 3.39. The van der Waals surface area contributed by atoms with E-state index >= 15 is 0 Å². The molecule has 0 aliphatic carbocycles. The van der Waals surface area contributed by atoms with Crippen LogP contribution in [0.5, 0.6) is 0 Å². The Kier molecular flexibility index (Phi) is 6.15. The number of sulfonamides is 1. The molecule has 0 saturated carbocycles. The van der Waals surface area contributed by atoms with Crippen molar-refractivity contribution in [2.75, 3.05) is 35.8 Å². The maximum Gasteiger partial charge on any atom is 0.261 e. The van der Waals surface area contributed by atoms with Crippen LogP contribution in [0.2, 0.25) is 0 Å². The van der Waals surface area contributed by atoms with Crippen molar-refractivity contribution in [1.29, 1.82) is 0 Å². The Morgan fingerprint density at radius 3 is 2.09 bits per heavy atom. The minimum absolute atomic E-state index is 0.0930. The summed E-state index contributed by atoms with van der Waals surface area (Å²) in [7, 11) is -3.74. The zero-order chi connectivity index (χ0) is 24.3. The smallest absolute Gasteiger partial charge is 0.261 e. The molecule has 1 aliphatic heterocycles. The molecule has 1 amide bonds. The van der Waals surface area contributed by atoms with E-state index in [0.717, 1.165) is 5.69 Å². The molecule has 35 heavy (non-hydrogen) atoms. The number of benzene rings is 3. The molecule has 4 aromatic rings. The van der Waals surface area contributed by atoms with Gasteiger partial charge < -0.3 is 9.80 Å². The minimum Gasteiger partial charge on any atom is -0.336 e. The Morgan fingerprint density at radius 2 is 1.43 bits per heavy atom. The highest BCUT2D eigenvalue weighted by atomic mass is 32.2. The first-order valence-electron chi connectivity index (χ1n) is 11.1. The number of piperazine rings is 1. The molecule has 0 atom stereocenters. The third kappa shape index (κ3) is 4.85. The summed E-state index contributed by atoms with van der Waals surface area (Å²) < 4.78 is 29.5. The molecule has 1 aliphatic rings. The van der Waals surface area contributed by atoms with Gasteiger partial charge >= 0.3 is 0 Å². The number of anilines is 2. The van der Waals surface area contributed by atoms with E-state index in [0.29, 0.717) is 43.4 Å². The lowest BCUT2D eigenvalue weighted by Crippen LogP contribution is -2.49. The van der Waals surface area contributed by atoms with Crippen molar-refractivity contribution in [2.45, 2.75) is 4.90 Å². The summed E-state index contributed by atoms with van der Waals surface area (Å²) >= 11 is 0. The maximum absolute atomic E-state index is 13.0. The topological polar surface area (TPSA) is 113 Å². The standard InChI is InChI=1S/C24H23N7O3S/c32-23(19-11-13-22(14-12-19)35(33,34)26-20-7-3-1-4-8-20)29-15-17-30(18-16-29)24-25-27-28-31(24)21-9-5-2-6-10-21/h1-14,26H,15-18H2. The van der Waals surface area contributed by atoms with Crippen LogP contribution >= 0.6 is 0 Å². The Morgan fingerprint density at radius 1 is 0.800 bits per heavy atom. The molecule has 3 aromatic carbocycles. The van der Waals surface area contributed by atoms with Gasteiger partial charge in [0.2, 0.25) is 5.95 Å². The van der Waals surface area contributed by atoms with Crippen molar-refractivity contribution < 1.29 is 13.2 Å². The zero-order valence-electron chi connectivity index (χ0n) is 18.7. The largest absolute Gasteiger partial charge is 0.336 e. The Balaban J connectivity index is 1.23. The van der Waals surface area contributed by atoms with E-state index in [1.165, 1.54) is 12.1 Å². The second-order valence-electron chi connectivity index (χ2n) is 8.00. The van der Waals surface area contributed by atoms with Crippen molar-refractivity contribution in [1.82, 2.24) is 25.1 Å². The highest BCUT2D eigenvalue weighted by Gasteiger charge is 2.26. The van der Waals surface area contributed by atoms with E-state index in [9.17, 15) is 13.2 Å². The number of carbonyl (C=O) groups is 1. The number of rotatable bonds is 6. The highest BCUT2D eigenvalue weighted by molar-refractivity contribution is 7.92. The number of nitrogens with one attached hydrogen (secondary N) is 1. The third-order valence-electron chi connectivity index (χ3n) is 5.74. The van der Waals surface area contributed by atoms with Gasteiger partial charge in [-0.05, 0) is 59.0 Å². The highest BCUT2D eigenvalue weighted by Crippen LogP contribution is 2.20. The lowest BCUT2D eigenvalue weighted by molar-refractivity contribution is 0.0746. The van der Waals surface area contributed by atoms with Crippen LogP contribution in [-0.2, 0) is 10.0 Å². The molecule has 0 bridgehead atoms. The van der Waals surface area contributed by atoms with Crippen molar-refractivity contribution in [3.8, 4) is 5.69 Å². The van der Waals surface area contributed by atoms with Gasteiger partial charge in [-0.3, -0.25) is 9.52 Å². The van der Waals surface area contributed by atoms with Crippen LogP contribution in [0.1, 0.15) is 10.4 Å². The SMILES string of the molecule is O=C(c1ccc(S(=O)(=O)Nc2ccccc2)cc1)N1CCN(c2nnnn2-c2ccccc2)CC1. The molecule has 0 unspecified atom stereocenters. The van der Waals surface area contributed by atoms with E-state index < -0.39 is 10.0 Å². The van der Waals surface area contributed by atoms with E-state index in [1.54, 1.807) is 46.0 Å². The van der Waals surface area contributed by atoms with Gasteiger partial charge in [0.15, 0.2) is 0 Å². The number of tetrazole rings is 1. The molecule has 0 spiro atoms. The Hall–Kier alpha value is -4.25. The lowest BCUT2D eigenvalue weighted by Gasteiger charge is -2.34. The summed E-state index contributed by atoms with van der Waals surface area (Å²) in [6, 6.07) is 24.3. The van der Waals surface area contributed by atoms with E-state index in [4.69, 9.17) is 0 Å². The van der Waals surface area contributed by atoms with Crippen LogP contribution in [0.15, 0.2) is 89.8 Å². The summed E-state index contributed by atoms with van der Waals surface area (Å²) in [5, 5.41) is 12.1. The summed E-state index contributed by atoms with van der Waals surface area (Å²) in [6.07, 6.45) is 0. The molecule has 1 fully saturated rings. The molecular formula is C24H23N7O3S. The van der Waals surface area contributed by atoms with Gasteiger partial charge in [-0.25, -0.2) is 8.42 Å². The quantitative estimate of drug-likeness (QED) is 0.443. The molecule has 0 radical (unpaired) electrons. The van der Waals surface area contributed by atoms with Gasteiger partial charge in [0.1, 0.15) is 0 Å². The third-order valence-corrected chi connectivity index (χ3v) is 7.14. The van der Waals surface area contributed by atoms with Gasteiger partial charge in [0.05, 0.1) is 10.6 Å². The first kappa shape index (κ1) is 22.5. The number of amides is 1. The van der Waals surface area contributed by atoms with E-state index in [2.05, 4.69) is 20.2 Å². The van der Waals surface area contributed by atoms with Gasteiger partial charge in [-0.15, -0.1) is 0 Å². The second kappa shape index (κ2) is 9.55. The van der Waals surface area contributed by atoms with E-state index in [1.807, 2.05) is 41.3 Å². The normalized spacial score (nSPS) is 14.1. The predicted octanol–water partition coefficient (Wildman–Crippen LogP) is 2.43. The molecule has 178 valence electrons. The lowest BCUT2D eigenvalue weighted by atomic mass is 10.2. The maximum atomic E-state index is 13.0.